The van der Waals surface area contributed by atoms with Gasteiger partial charge < -0.3 is 21.1 Å². The molecule has 5 rings (SSSR count). The zero-order chi connectivity index (χ0) is 25.6. The standard InChI is InChI=1S/C28H23N5O2S2/c29-21-10-12-24-20(16-21)17-25(37-24)27(34)35-15-14-19-8-4-5-9-22(19)30-28(36)31-26-13-11-23(32-33-26)18-6-2-1-3-7-18/h1-13,16-17H,14-15,29H2,(H2,30,31,33,36). The normalized spacial score (nSPS) is 10.7. The van der Waals surface area contributed by atoms with E-state index in [1.54, 1.807) is 0 Å². The summed E-state index contributed by atoms with van der Waals surface area (Å²) in [5, 5.41) is 16.1. The number of anilines is 3. The molecule has 0 radical (unpaired) electrons. The van der Waals surface area contributed by atoms with E-state index in [-0.39, 0.29) is 12.6 Å². The van der Waals surface area contributed by atoms with Gasteiger partial charge in [-0.15, -0.1) is 21.5 Å². The Morgan fingerprint density at radius 3 is 2.54 bits per heavy atom. The second kappa shape index (κ2) is 11.2. The maximum atomic E-state index is 12.6. The Bertz CT molecular complexity index is 1550. The third-order valence-corrected chi connectivity index (χ3v) is 6.89. The predicted molar refractivity (Wildman–Crippen MR) is 154 cm³/mol. The summed E-state index contributed by atoms with van der Waals surface area (Å²) >= 11 is 6.87. The monoisotopic (exact) mass is 525 g/mol. The summed E-state index contributed by atoms with van der Waals surface area (Å²) < 4.78 is 6.54. The Labute approximate surface area is 223 Å². The molecule has 0 saturated carbocycles. The van der Waals surface area contributed by atoms with Crippen LogP contribution in [0.2, 0.25) is 0 Å². The summed E-state index contributed by atoms with van der Waals surface area (Å²) in [5.74, 6) is 0.189. The number of nitrogens with zero attached hydrogens (tertiary/aromatic N) is 2. The van der Waals surface area contributed by atoms with Crippen LogP contribution < -0.4 is 16.4 Å². The van der Waals surface area contributed by atoms with Crippen molar-refractivity contribution in [3.63, 3.8) is 0 Å². The molecule has 0 aliphatic carbocycles. The lowest BCUT2D eigenvalue weighted by Gasteiger charge is -2.14. The number of carbonyl (C=O) groups excluding carboxylic acids is 1. The molecule has 0 saturated heterocycles. The summed E-state index contributed by atoms with van der Waals surface area (Å²) in [4.78, 5) is 13.1. The molecule has 0 aliphatic heterocycles. The number of rotatable bonds is 7. The molecule has 37 heavy (non-hydrogen) atoms. The molecule has 9 heteroatoms. The third kappa shape index (κ3) is 6.08. The molecule has 4 N–H and O–H groups in total. The minimum Gasteiger partial charge on any atom is -0.461 e. The number of hydrogen-bond acceptors (Lipinski definition) is 7. The van der Waals surface area contributed by atoms with Gasteiger partial charge in [0.2, 0.25) is 0 Å². The lowest BCUT2D eigenvalue weighted by Crippen LogP contribution is -2.21. The highest BCUT2D eigenvalue weighted by Crippen LogP contribution is 2.28. The highest BCUT2D eigenvalue weighted by atomic mass is 32.1. The first-order valence-electron chi connectivity index (χ1n) is 11.6. The number of para-hydroxylation sites is 1. The molecular formula is C28H23N5O2S2. The molecule has 2 heterocycles. The molecule has 3 aromatic carbocycles. The van der Waals surface area contributed by atoms with Crippen LogP contribution >= 0.6 is 23.6 Å². The molecular weight excluding hydrogens is 502 g/mol. The largest absolute Gasteiger partial charge is 0.461 e. The highest BCUT2D eigenvalue weighted by Gasteiger charge is 2.13. The number of nitrogens with one attached hydrogen (secondary N) is 2. The van der Waals surface area contributed by atoms with Crippen molar-refractivity contribution in [2.24, 2.45) is 0 Å². The topological polar surface area (TPSA) is 102 Å². The molecule has 2 aromatic heterocycles. The number of hydrogen-bond donors (Lipinski definition) is 3. The summed E-state index contributed by atoms with van der Waals surface area (Å²) in [6, 6.07) is 28.7. The fraction of sp³-hybridized carbons (Fsp3) is 0.0714. The first kappa shape index (κ1) is 24.4. The summed E-state index contributed by atoms with van der Waals surface area (Å²) in [5.41, 5.74) is 10.1. The van der Waals surface area contributed by atoms with Crippen LogP contribution in [0, 0.1) is 0 Å². The second-order valence-electron chi connectivity index (χ2n) is 8.20. The first-order chi connectivity index (χ1) is 18.0. The number of aromatic nitrogens is 2. The van der Waals surface area contributed by atoms with Crippen molar-refractivity contribution in [1.82, 2.24) is 10.2 Å². The van der Waals surface area contributed by atoms with E-state index in [1.165, 1.54) is 11.3 Å². The Morgan fingerprint density at radius 1 is 0.919 bits per heavy atom. The van der Waals surface area contributed by atoms with E-state index in [0.29, 0.717) is 27.9 Å². The van der Waals surface area contributed by atoms with Gasteiger partial charge in [0.1, 0.15) is 4.88 Å². The number of ether oxygens (including phenoxy) is 1. The Hall–Kier alpha value is -4.34. The van der Waals surface area contributed by atoms with Crippen molar-refractivity contribution in [3.05, 3.63) is 101 Å². The van der Waals surface area contributed by atoms with Crippen LogP contribution in [-0.4, -0.2) is 27.9 Å². The molecule has 0 spiro atoms. The SMILES string of the molecule is Nc1ccc2sc(C(=O)OCCc3ccccc3NC(=S)Nc3ccc(-c4ccccc4)nn3)cc2c1. The van der Waals surface area contributed by atoms with Crippen molar-refractivity contribution >= 4 is 61.9 Å². The van der Waals surface area contributed by atoms with Crippen LogP contribution in [0.1, 0.15) is 15.2 Å². The smallest absolute Gasteiger partial charge is 0.348 e. The second-order valence-corrected chi connectivity index (χ2v) is 9.69. The average molecular weight is 526 g/mol. The Morgan fingerprint density at radius 2 is 1.73 bits per heavy atom. The van der Waals surface area contributed by atoms with Crippen LogP contribution in [0.3, 0.4) is 0 Å². The van der Waals surface area contributed by atoms with E-state index in [1.807, 2.05) is 91.0 Å². The third-order valence-electron chi connectivity index (χ3n) is 5.59. The number of nitrogens with two attached hydrogens (primary N) is 1. The van der Waals surface area contributed by atoms with Gasteiger partial charge in [-0.2, -0.15) is 0 Å². The van der Waals surface area contributed by atoms with Crippen LogP contribution in [0.15, 0.2) is 91.0 Å². The van der Waals surface area contributed by atoms with Gasteiger partial charge in [0.05, 0.1) is 12.3 Å². The highest BCUT2D eigenvalue weighted by molar-refractivity contribution is 7.80. The molecule has 0 fully saturated rings. The Balaban J connectivity index is 1.16. The Kier molecular flexibility index (Phi) is 7.34. The molecule has 5 aromatic rings. The van der Waals surface area contributed by atoms with E-state index >= 15 is 0 Å². The number of carbonyl (C=O) groups is 1. The van der Waals surface area contributed by atoms with Crippen molar-refractivity contribution < 1.29 is 9.53 Å². The summed E-state index contributed by atoms with van der Waals surface area (Å²) in [6.45, 7) is 0.237. The van der Waals surface area contributed by atoms with Crippen molar-refractivity contribution in [3.8, 4) is 11.3 Å². The maximum Gasteiger partial charge on any atom is 0.348 e. The molecule has 0 aliphatic rings. The van der Waals surface area contributed by atoms with E-state index in [9.17, 15) is 4.79 Å². The van der Waals surface area contributed by atoms with Crippen LogP contribution in [-0.2, 0) is 11.2 Å². The minimum absolute atomic E-state index is 0.237. The van der Waals surface area contributed by atoms with E-state index in [4.69, 9.17) is 22.7 Å². The number of benzene rings is 3. The first-order valence-corrected chi connectivity index (χ1v) is 12.8. The molecule has 0 unspecified atom stereocenters. The summed E-state index contributed by atoms with van der Waals surface area (Å²) in [7, 11) is 0. The zero-order valence-corrected chi connectivity index (χ0v) is 21.3. The number of thiophene rings is 1. The van der Waals surface area contributed by atoms with Crippen LogP contribution in [0.4, 0.5) is 17.2 Å². The van der Waals surface area contributed by atoms with Crippen LogP contribution in [0.25, 0.3) is 21.3 Å². The number of nitrogen functional groups attached to an aromatic ring is 1. The van der Waals surface area contributed by atoms with E-state index in [0.717, 1.165) is 32.6 Å². The van der Waals surface area contributed by atoms with Gasteiger partial charge in [-0.1, -0.05) is 48.5 Å². The fourth-order valence-corrected chi connectivity index (χ4v) is 4.93. The van der Waals surface area contributed by atoms with Crippen molar-refractivity contribution in [1.29, 1.82) is 0 Å². The van der Waals surface area contributed by atoms with Gasteiger partial charge in [-0.25, -0.2) is 4.79 Å². The van der Waals surface area contributed by atoms with Gasteiger partial charge in [0.15, 0.2) is 10.9 Å². The van der Waals surface area contributed by atoms with Gasteiger partial charge in [0.25, 0.3) is 0 Å². The predicted octanol–water partition coefficient (Wildman–Crippen LogP) is 6.15. The number of thiocarbonyl (C=S) groups is 1. The van der Waals surface area contributed by atoms with Crippen molar-refractivity contribution in [2.45, 2.75) is 6.42 Å². The molecule has 0 atom stereocenters. The minimum atomic E-state index is -0.347. The quantitative estimate of drug-likeness (QED) is 0.132. The van der Waals surface area contributed by atoms with E-state index in [2.05, 4.69) is 20.8 Å². The van der Waals surface area contributed by atoms with Crippen molar-refractivity contribution in [2.75, 3.05) is 23.0 Å². The molecule has 184 valence electrons. The van der Waals surface area contributed by atoms with Gasteiger partial charge in [-0.05, 0) is 65.6 Å². The maximum absolute atomic E-state index is 12.6. The molecule has 7 nitrogen and oxygen atoms in total. The number of fused-ring (bicyclic) bond motifs is 1. The lowest BCUT2D eigenvalue weighted by molar-refractivity contribution is 0.0515. The molecule has 0 bridgehead atoms. The fourth-order valence-electron chi connectivity index (χ4n) is 3.78. The molecule has 0 amide bonds. The van der Waals surface area contributed by atoms with Gasteiger partial charge in [0, 0.05) is 28.1 Å². The van der Waals surface area contributed by atoms with Gasteiger partial charge >= 0.3 is 5.97 Å². The number of esters is 1. The zero-order valence-electron chi connectivity index (χ0n) is 19.7. The lowest BCUT2D eigenvalue weighted by atomic mass is 10.1. The van der Waals surface area contributed by atoms with E-state index < -0.39 is 0 Å². The van der Waals surface area contributed by atoms with Crippen LogP contribution in [0.5, 0.6) is 0 Å². The average Bonchev–Trinajstić information content (AvgIpc) is 3.34. The van der Waals surface area contributed by atoms with Gasteiger partial charge in [-0.3, -0.25) is 0 Å². The summed E-state index contributed by atoms with van der Waals surface area (Å²) in [6.07, 6.45) is 0.529.